The molecule has 0 spiro atoms. The molecule has 0 aliphatic rings. The van der Waals surface area contributed by atoms with Crippen LogP contribution in [0.15, 0.2) is 54.5 Å². The molecule has 0 saturated carbocycles. The second kappa shape index (κ2) is 3.96. The largest absolute Gasteiger partial charge is 0.455 e. The van der Waals surface area contributed by atoms with Crippen LogP contribution in [0.2, 0.25) is 0 Å². The first-order valence-corrected chi connectivity index (χ1v) is 6.98. The summed E-state index contributed by atoms with van der Waals surface area (Å²) in [7, 11) is 0. The predicted octanol–water partition coefficient (Wildman–Crippen LogP) is 4.76. The van der Waals surface area contributed by atoms with Gasteiger partial charge in [0.1, 0.15) is 16.6 Å². The van der Waals surface area contributed by atoms with Crippen LogP contribution in [0, 0.1) is 6.92 Å². The third kappa shape index (κ3) is 1.55. The Morgan fingerprint density at radius 1 is 0.950 bits per heavy atom. The Bertz CT molecular complexity index is 1040. The molecule has 0 unspecified atom stereocenters. The van der Waals surface area contributed by atoms with Crippen molar-refractivity contribution in [3.05, 3.63) is 56.9 Å². The average molecular weight is 329 g/mol. The number of halogens is 1. The highest BCUT2D eigenvalue weighted by atomic mass is 79.9. The summed E-state index contributed by atoms with van der Waals surface area (Å²) in [5.41, 5.74) is 2.54. The summed E-state index contributed by atoms with van der Waals surface area (Å²) in [4.78, 5) is 12.2. The van der Waals surface area contributed by atoms with Crippen LogP contribution in [0.4, 0.5) is 0 Å². The predicted molar refractivity (Wildman–Crippen MR) is 82.2 cm³/mol. The van der Waals surface area contributed by atoms with Gasteiger partial charge in [-0.15, -0.1) is 0 Å². The zero-order valence-corrected chi connectivity index (χ0v) is 12.2. The molecular weight excluding hydrogens is 320 g/mol. The molecule has 2 aromatic carbocycles. The van der Waals surface area contributed by atoms with Crippen molar-refractivity contribution >= 4 is 48.8 Å². The highest BCUT2D eigenvalue weighted by Crippen LogP contribution is 2.32. The van der Waals surface area contributed by atoms with Gasteiger partial charge in [-0.3, -0.25) is 0 Å². The number of rotatable bonds is 0. The van der Waals surface area contributed by atoms with Crippen LogP contribution >= 0.6 is 15.9 Å². The van der Waals surface area contributed by atoms with Gasteiger partial charge < -0.3 is 8.83 Å². The summed E-state index contributed by atoms with van der Waals surface area (Å²) in [6.07, 6.45) is 0. The van der Waals surface area contributed by atoms with Gasteiger partial charge in [0.25, 0.3) is 0 Å². The van der Waals surface area contributed by atoms with Crippen molar-refractivity contribution in [2.75, 3.05) is 0 Å². The van der Waals surface area contributed by atoms with E-state index >= 15 is 0 Å². The molecule has 98 valence electrons. The lowest BCUT2D eigenvalue weighted by molar-refractivity contribution is 0.566. The van der Waals surface area contributed by atoms with Crippen LogP contribution < -0.4 is 5.63 Å². The van der Waals surface area contributed by atoms with Gasteiger partial charge in [0.05, 0.1) is 5.39 Å². The molecule has 0 N–H and O–H groups in total. The summed E-state index contributed by atoms with van der Waals surface area (Å²) in [6.45, 7) is 1.99. The van der Waals surface area contributed by atoms with E-state index in [1.54, 1.807) is 6.07 Å². The average Bonchev–Trinajstić information content (AvgIpc) is 2.77. The van der Waals surface area contributed by atoms with Crippen LogP contribution in [-0.4, -0.2) is 0 Å². The summed E-state index contributed by atoms with van der Waals surface area (Å²) in [5.74, 6) is 0. The fourth-order valence-corrected chi connectivity index (χ4v) is 2.86. The maximum Gasteiger partial charge on any atom is 0.348 e. The maximum absolute atomic E-state index is 12.2. The van der Waals surface area contributed by atoms with E-state index in [2.05, 4.69) is 15.9 Å². The Balaban J connectivity index is 2.32. The summed E-state index contributed by atoms with van der Waals surface area (Å²) in [6, 6.07) is 11.4. The summed E-state index contributed by atoms with van der Waals surface area (Å²) in [5, 5.41) is 2.11. The summed E-state index contributed by atoms with van der Waals surface area (Å²) < 4.78 is 12.2. The molecule has 4 aromatic rings. The first kappa shape index (κ1) is 11.7. The molecule has 20 heavy (non-hydrogen) atoms. The highest BCUT2D eigenvalue weighted by molar-refractivity contribution is 9.10. The van der Waals surface area contributed by atoms with Gasteiger partial charge in [-0.2, -0.15) is 0 Å². The molecule has 0 amide bonds. The second-order valence-electron chi connectivity index (χ2n) is 4.84. The second-order valence-corrected chi connectivity index (χ2v) is 5.75. The van der Waals surface area contributed by atoms with Gasteiger partial charge in [-0.1, -0.05) is 22.0 Å². The number of benzene rings is 2. The Kier molecular flexibility index (Phi) is 2.32. The smallest absolute Gasteiger partial charge is 0.348 e. The van der Waals surface area contributed by atoms with E-state index in [1.807, 2.05) is 37.3 Å². The zero-order chi connectivity index (χ0) is 13.9. The number of aryl methyl sites for hydroxylation is 1. The van der Waals surface area contributed by atoms with E-state index in [0.717, 1.165) is 20.8 Å². The van der Waals surface area contributed by atoms with Crippen molar-refractivity contribution in [1.82, 2.24) is 0 Å². The minimum Gasteiger partial charge on any atom is -0.455 e. The zero-order valence-electron chi connectivity index (χ0n) is 10.6. The van der Waals surface area contributed by atoms with Crippen molar-refractivity contribution in [3.8, 4) is 0 Å². The van der Waals surface area contributed by atoms with Crippen molar-refractivity contribution in [2.24, 2.45) is 0 Å². The lowest BCUT2D eigenvalue weighted by atomic mass is 10.1. The van der Waals surface area contributed by atoms with Crippen molar-refractivity contribution in [2.45, 2.75) is 6.92 Å². The standard InChI is InChI=1S/C16H9BrO3/c1-8-2-4-10-12(6-8)19-15-11-5-3-9(17)7-13(11)20-16(18)14(10)15/h2-7H,1H3. The Morgan fingerprint density at radius 2 is 1.70 bits per heavy atom. The Labute approximate surface area is 121 Å². The van der Waals surface area contributed by atoms with E-state index in [0.29, 0.717) is 22.1 Å². The fourth-order valence-electron chi connectivity index (χ4n) is 2.52. The van der Waals surface area contributed by atoms with Gasteiger partial charge in [-0.25, -0.2) is 4.79 Å². The molecule has 0 aliphatic carbocycles. The van der Waals surface area contributed by atoms with E-state index < -0.39 is 0 Å². The van der Waals surface area contributed by atoms with Crippen LogP contribution in [0.3, 0.4) is 0 Å². The van der Waals surface area contributed by atoms with Crippen molar-refractivity contribution in [1.29, 1.82) is 0 Å². The molecule has 0 atom stereocenters. The minimum absolute atomic E-state index is 0.367. The number of hydrogen-bond acceptors (Lipinski definition) is 3. The highest BCUT2D eigenvalue weighted by Gasteiger charge is 2.15. The molecular formula is C16H9BrO3. The van der Waals surface area contributed by atoms with Gasteiger partial charge in [0.15, 0.2) is 5.58 Å². The van der Waals surface area contributed by atoms with E-state index in [1.165, 1.54) is 0 Å². The number of hydrogen-bond donors (Lipinski definition) is 0. The van der Waals surface area contributed by atoms with Crippen molar-refractivity contribution in [3.63, 3.8) is 0 Å². The van der Waals surface area contributed by atoms with Crippen LogP contribution in [0.1, 0.15) is 5.56 Å². The SMILES string of the molecule is Cc1ccc2c(c1)oc1c3ccc(Br)cc3oc(=O)c21. The first-order chi connectivity index (χ1) is 9.63. The normalized spacial score (nSPS) is 11.7. The molecule has 0 saturated heterocycles. The minimum atomic E-state index is -0.367. The molecule has 2 heterocycles. The molecule has 3 nitrogen and oxygen atoms in total. The molecule has 2 aromatic heterocycles. The van der Waals surface area contributed by atoms with Crippen LogP contribution in [0.5, 0.6) is 0 Å². The summed E-state index contributed by atoms with van der Waals surface area (Å²) >= 11 is 3.37. The van der Waals surface area contributed by atoms with Crippen LogP contribution in [0.25, 0.3) is 32.9 Å². The van der Waals surface area contributed by atoms with E-state index in [9.17, 15) is 4.79 Å². The van der Waals surface area contributed by atoms with E-state index in [4.69, 9.17) is 8.83 Å². The monoisotopic (exact) mass is 328 g/mol. The van der Waals surface area contributed by atoms with Gasteiger partial charge >= 0.3 is 5.63 Å². The van der Waals surface area contributed by atoms with Crippen LogP contribution in [-0.2, 0) is 0 Å². The Morgan fingerprint density at radius 3 is 2.55 bits per heavy atom. The quantitative estimate of drug-likeness (QED) is 0.437. The van der Waals surface area contributed by atoms with Gasteiger partial charge in [0, 0.05) is 9.86 Å². The molecule has 0 bridgehead atoms. The topological polar surface area (TPSA) is 43.4 Å². The van der Waals surface area contributed by atoms with E-state index in [-0.39, 0.29) is 5.63 Å². The maximum atomic E-state index is 12.2. The number of furan rings is 1. The molecule has 4 rings (SSSR count). The number of fused-ring (bicyclic) bond motifs is 5. The molecule has 0 radical (unpaired) electrons. The fraction of sp³-hybridized carbons (Fsp3) is 0.0625. The van der Waals surface area contributed by atoms with Crippen molar-refractivity contribution < 1.29 is 8.83 Å². The molecule has 0 fully saturated rings. The molecule has 0 aliphatic heterocycles. The lowest BCUT2D eigenvalue weighted by Crippen LogP contribution is -1.98. The lowest BCUT2D eigenvalue weighted by Gasteiger charge is -1.97. The first-order valence-electron chi connectivity index (χ1n) is 6.19. The third-order valence-electron chi connectivity index (χ3n) is 3.44. The Hall–Kier alpha value is -2.07. The third-order valence-corrected chi connectivity index (χ3v) is 3.93. The molecule has 4 heteroatoms. The van der Waals surface area contributed by atoms with Gasteiger partial charge in [0.2, 0.25) is 0 Å². The van der Waals surface area contributed by atoms with Gasteiger partial charge in [-0.05, 0) is 42.8 Å².